The molecule has 1 atom stereocenters. The van der Waals surface area contributed by atoms with E-state index in [1.54, 1.807) is 0 Å². The molecule has 0 aromatic carbocycles. The van der Waals surface area contributed by atoms with Gasteiger partial charge in [-0.3, -0.25) is 21.0 Å². The zero-order valence-corrected chi connectivity index (χ0v) is 8.16. The Kier molecular flexibility index (Phi) is 2.37. The highest BCUT2D eigenvalue weighted by Crippen LogP contribution is 2.37. The molecule has 0 amide bonds. The smallest absolute Gasteiger partial charge is 0.183 e. The van der Waals surface area contributed by atoms with Crippen LogP contribution in [0, 0.1) is 0 Å². The van der Waals surface area contributed by atoms with Gasteiger partial charge in [0.1, 0.15) is 0 Å². The molecule has 1 fully saturated rings. The average molecular weight is 211 g/mol. The lowest BCUT2D eigenvalue weighted by molar-refractivity contribution is -0.000495. The number of allylic oxidation sites excluding steroid dienone is 1. The predicted octanol–water partition coefficient (Wildman–Crippen LogP) is 0.651. The molecule has 1 spiro atoms. The molecule has 1 saturated heterocycles. The molecule has 0 aromatic heterocycles. The molecule has 0 aromatic rings. The second-order valence-electron chi connectivity index (χ2n) is 3.63. The van der Waals surface area contributed by atoms with Crippen molar-refractivity contribution in [1.82, 2.24) is 11.0 Å². The Morgan fingerprint density at radius 3 is 3.00 bits per heavy atom. The molecule has 6 nitrogen and oxygen atoms in total. The van der Waals surface area contributed by atoms with Crippen LogP contribution in [0.15, 0.2) is 29.2 Å². The molecule has 82 valence electrons. The highest BCUT2D eigenvalue weighted by atomic mass is 16.7. The minimum Gasteiger partial charge on any atom is -0.411 e. The zero-order valence-electron chi connectivity index (χ0n) is 8.16. The summed E-state index contributed by atoms with van der Waals surface area (Å²) in [5.74, 6) is 0. The first-order valence-electron chi connectivity index (χ1n) is 4.67. The van der Waals surface area contributed by atoms with E-state index >= 15 is 0 Å². The third-order valence-corrected chi connectivity index (χ3v) is 2.70. The number of hydrogen-bond acceptors (Lipinski definition) is 6. The zero-order chi connectivity index (χ0) is 10.9. The van der Waals surface area contributed by atoms with E-state index in [0.717, 1.165) is 0 Å². The summed E-state index contributed by atoms with van der Waals surface area (Å²) in [7, 11) is 0. The molecule has 1 heterocycles. The third-order valence-electron chi connectivity index (χ3n) is 2.70. The van der Waals surface area contributed by atoms with Crippen LogP contribution in [0.1, 0.15) is 19.3 Å². The van der Waals surface area contributed by atoms with Crippen LogP contribution in [0.25, 0.3) is 0 Å². The number of hydroxylamine groups is 2. The van der Waals surface area contributed by atoms with Gasteiger partial charge in [-0.05, 0) is 12.8 Å². The average Bonchev–Trinajstić information content (AvgIpc) is 2.62. The van der Waals surface area contributed by atoms with Gasteiger partial charge in [-0.15, -0.1) is 0 Å². The fourth-order valence-corrected chi connectivity index (χ4v) is 1.99. The van der Waals surface area contributed by atoms with Crippen molar-refractivity contribution >= 4 is 5.71 Å². The lowest BCUT2D eigenvalue weighted by Crippen LogP contribution is -2.47. The Labute approximate surface area is 86.8 Å². The standard InChI is InChI=1S/C9H13N3O3/c1-6-5-9(15-12-6)7(10-13)3-2-4-8(9)11-14/h3,10,12-14H,1-2,4-5H2/b11-8-/t9-/m1/s1. The lowest BCUT2D eigenvalue weighted by Gasteiger charge is -2.31. The second kappa shape index (κ2) is 3.56. The molecule has 2 rings (SSSR count). The van der Waals surface area contributed by atoms with Gasteiger partial charge in [0.25, 0.3) is 0 Å². The van der Waals surface area contributed by atoms with Crippen LogP contribution in [0.5, 0.6) is 0 Å². The SMILES string of the molecule is C=C1C[C@@]2(ON1)C(NO)=CCC/C2=N/O. The predicted molar refractivity (Wildman–Crippen MR) is 52.2 cm³/mol. The van der Waals surface area contributed by atoms with Crippen LogP contribution < -0.4 is 11.0 Å². The fourth-order valence-electron chi connectivity index (χ4n) is 1.99. The first-order chi connectivity index (χ1) is 7.23. The fraction of sp³-hybridized carbons (Fsp3) is 0.444. The number of oxime groups is 1. The number of nitrogens with one attached hydrogen (secondary N) is 2. The van der Waals surface area contributed by atoms with Crippen LogP contribution in [-0.2, 0) is 4.84 Å². The Bertz CT molecular complexity index is 351. The Hall–Kier alpha value is -1.53. The molecule has 1 aliphatic heterocycles. The number of rotatable bonds is 1. The van der Waals surface area contributed by atoms with E-state index < -0.39 is 5.60 Å². The van der Waals surface area contributed by atoms with Gasteiger partial charge in [0.05, 0.1) is 11.4 Å². The molecular weight excluding hydrogens is 198 g/mol. The number of hydrogen-bond donors (Lipinski definition) is 4. The summed E-state index contributed by atoms with van der Waals surface area (Å²) in [4.78, 5) is 5.37. The Balaban J connectivity index is 2.42. The summed E-state index contributed by atoms with van der Waals surface area (Å²) in [5, 5.41) is 21.2. The van der Waals surface area contributed by atoms with Crippen LogP contribution in [0.2, 0.25) is 0 Å². The summed E-state index contributed by atoms with van der Waals surface area (Å²) >= 11 is 0. The van der Waals surface area contributed by atoms with Crippen molar-refractivity contribution < 1.29 is 15.3 Å². The van der Waals surface area contributed by atoms with Gasteiger partial charge in [0.15, 0.2) is 5.60 Å². The lowest BCUT2D eigenvalue weighted by atomic mass is 9.83. The van der Waals surface area contributed by atoms with Crippen molar-refractivity contribution in [3.63, 3.8) is 0 Å². The number of nitrogens with zero attached hydrogens (tertiary/aromatic N) is 1. The van der Waals surface area contributed by atoms with Crippen molar-refractivity contribution in [2.45, 2.75) is 24.9 Å². The quantitative estimate of drug-likeness (QED) is 0.378. The molecular formula is C9H13N3O3. The minimum atomic E-state index is -0.932. The van der Waals surface area contributed by atoms with E-state index in [4.69, 9.17) is 15.3 Å². The highest BCUT2D eigenvalue weighted by molar-refractivity contribution is 5.96. The topological polar surface area (TPSA) is 86.1 Å². The largest absolute Gasteiger partial charge is 0.411 e. The van der Waals surface area contributed by atoms with Crippen molar-refractivity contribution in [3.05, 3.63) is 24.0 Å². The van der Waals surface area contributed by atoms with Crippen molar-refractivity contribution in [2.75, 3.05) is 0 Å². The molecule has 4 N–H and O–H groups in total. The van der Waals surface area contributed by atoms with Gasteiger partial charge in [0, 0.05) is 12.1 Å². The minimum absolute atomic E-state index is 0.436. The van der Waals surface area contributed by atoms with E-state index in [0.29, 0.717) is 36.4 Å². The van der Waals surface area contributed by atoms with Crippen LogP contribution in [-0.4, -0.2) is 21.7 Å². The van der Waals surface area contributed by atoms with Gasteiger partial charge >= 0.3 is 0 Å². The summed E-state index contributed by atoms with van der Waals surface area (Å²) in [6, 6.07) is 0. The van der Waals surface area contributed by atoms with Crippen molar-refractivity contribution in [2.24, 2.45) is 5.16 Å². The molecule has 6 heteroatoms. The van der Waals surface area contributed by atoms with E-state index in [-0.39, 0.29) is 0 Å². The van der Waals surface area contributed by atoms with Crippen LogP contribution in [0.4, 0.5) is 0 Å². The van der Waals surface area contributed by atoms with Gasteiger partial charge in [0.2, 0.25) is 0 Å². The summed E-state index contributed by atoms with van der Waals surface area (Å²) in [6.45, 7) is 3.73. The van der Waals surface area contributed by atoms with Crippen molar-refractivity contribution in [3.8, 4) is 0 Å². The maximum Gasteiger partial charge on any atom is 0.183 e. The highest BCUT2D eigenvalue weighted by Gasteiger charge is 2.48. The van der Waals surface area contributed by atoms with E-state index in [1.807, 2.05) is 6.08 Å². The summed E-state index contributed by atoms with van der Waals surface area (Å²) in [6.07, 6.45) is 3.54. The van der Waals surface area contributed by atoms with Gasteiger partial charge in [-0.1, -0.05) is 17.8 Å². The Morgan fingerprint density at radius 2 is 2.47 bits per heavy atom. The first kappa shape index (κ1) is 10.0. The molecule has 0 bridgehead atoms. The maximum atomic E-state index is 9.02. The van der Waals surface area contributed by atoms with Gasteiger partial charge in [-0.2, -0.15) is 0 Å². The van der Waals surface area contributed by atoms with Crippen LogP contribution >= 0.6 is 0 Å². The van der Waals surface area contributed by atoms with E-state index in [2.05, 4.69) is 22.7 Å². The molecule has 0 unspecified atom stereocenters. The normalized spacial score (nSPS) is 33.0. The monoisotopic (exact) mass is 211 g/mol. The molecule has 1 aliphatic carbocycles. The summed E-state index contributed by atoms with van der Waals surface area (Å²) < 4.78 is 0. The first-order valence-corrected chi connectivity index (χ1v) is 4.67. The van der Waals surface area contributed by atoms with E-state index in [1.165, 1.54) is 0 Å². The molecule has 2 aliphatic rings. The maximum absolute atomic E-state index is 9.02. The van der Waals surface area contributed by atoms with Gasteiger partial charge < -0.3 is 5.21 Å². The Morgan fingerprint density at radius 1 is 1.67 bits per heavy atom. The second-order valence-corrected chi connectivity index (χ2v) is 3.63. The van der Waals surface area contributed by atoms with E-state index in [9.17, 15) is 0 Å². The molecule has 0 saturated carbocycles. The third kappa shape index (κ3) is 1.38. The van der Waals surface area contributed by atoms with Gasteiger partial charge in [-0.25, -0.2) is 0 Å². The molecule has 15 heavy (non-hydrogen) atoms. The summed E-state index contributed by atoms with van der Waals surface area (Å²) in [5.41, 5.74) is 5.42. The molecule has 0 radical (unpaired) electrons. The van der Waals surface area contributed by atoms with Crippen molar-refractivity contribution in [1.29, 1.82) is 0 Å². The van der Waals surface area contributed by atoms with Crippen LogP contribution in [0.3, 0.4) is 0 Å².